The molecule has 0 aliphatic carbocycles. The Balaban J connectivity index is 2.42. The number of hydrogen-bond donors (Lipinski definition) is 1. The van der Waals surface area contributed by atoms with Crippen LogP contribution in [-0.2, 0) is 9.59 Å². The van der Waals surface area contributed by atoms with Crippen molar-refractivity contribution in [3.8, 4) is 0 Å². The van der Waals surface area contributed by atoms with Crippen LogP contribution in [0.3, 0.4) is 0 Å². The zero-order chi connectivity index (χ0) is 14.3. The van der Waals surface area contributed by atoms with Crippen LogP contribution < -0.4 is 5.32 Å². The topological polar surface area (TPSA) is 49.4 Å². The van der Waals surface area contributed by atoms with Crippen molar-refractivity contribution in [3.63, 3.8) is 0 Å². The van der Waals surface area contributed by atoms with Crippen LogP contribution in [0.1, 0.15) is 39.5 Å². The highest BCUT2D eigenvalue weighted by molar-refractivity contribution is 5.81. The molecule has 2 amide bonds. The number of nitrogens with zero attached hydrogens (tertiary/aromatic N) is 1. The van der Waals surface area contributed by atoms with Crippen LogP contribution in [0.5, 0.6) is 0 Å². The van der Waals surface area contributed by atoms with E-state index in [2.05, 4.69) is 25.7 Å². The summed E-state index contributed by atoms with van der Waals surface area (Å²) in [5.41, 5.74) is 0. The van der Waals surface area contributed by atoms with Gasteiger partial charge in [0.1, 0.15) is 0 Å². The molecular formula is C15H26N2O2. The van der Waals surface area contributed by atoms with Gasteiger partial charge >= 0.3 is 0 Å². The van der Waals surface area contributed by atoms with E-state index in [-0.39, 0.29) is 23.7 Å². The zero-order valence-electron chi connectivity index (χ0n) is 12.2. The fourth-order valence-electron chi connectivity index (χ4n) is 2.58. The van der Waals surface area contributed by atoms with Gasteiger partial charge in [0, 0.05) is 31.5 Å². The third kappa shape index (κ3) is 4.37. The molecule has 0 atom stereocenters. The van der Waals surface area contributed by atoms with Crippen LogP contribution in [0.15, 0.2) is 12.7 Å². The lowest BCUT2D eigenvalue weighted by Crippen LogP contribution is -2.45. The van der Waals surface area contributed by atoms with Gasteiger partial charge in [-0.3, -0.25) is 9.59 Å². The van der Waals surface area contributed by atoms with Gasteiger partial charge in [-0.1, -0.05) is 19.9 Å². The molecule has 0 unspecified atom stereocenters. The fourth-order valence-corrected chi connectivity index (χ4v) is 2.58. The number of hydrogen-bond acceptors (Lipinski definition) is 2. The maximum absolute atomic E-state index is 12.2. The smallest absolute Gasteiger partial charge is 0.225 e. The second kappa shape index (κ2) is 7.97. The monoisotopic (exact) mass is 266 g/mol. The highest BCUT2D eigenvalue weighted by Gasteiger charge is 2.29. The summed E-state index contributed by atoms with van der Waals surface area (Å²) < 4.78 is 0. The number of carbonyl (C=O) groups is 2. The molecule has 1 fully saturated rings. The molecule has 1 aliphatic rings. The van der Waals surface area contributed by atoms with Gasteiger partial charge in [0.25, 0.3) is 0 Å². The molecule has 1 aliphatic heterocycles. The van der Waals surface area contributed by atoms with Crippen LogP contribution >= 0.6 is 0 Å². The molecule has 0 saturated carbocycles. The normalized spacial score (nSPS) is 16.5. The van der Waals surface area contributed by atoms with Crippen molar-refractivity contribution in [1.29, 1.82) is 0 Å². The predicted octanol–water partition coefficient (Wildman–Crippen LogP) is 1.96. The van der Waals surface area contributed by atoms with E-state index in [9.17, 15) is 9.59 Å². The summed E-state index contributed by atoms with van der Waals surface area (Å²) in [5, 5.41) is 2.83. The minimum atomic E-state index is 0.0469. The third-order valence-electron chi connectivity index (χ3n) is 3.93. The number of carbonyl (C=O) groups excluding carboxylic acids is 2. The first-order chi connectivity index (χ1) is 9.13. The van der Waals surface area contributed by atoms with Crippen LogP contribution in [0.25, 0.3) is 0 Å². The zero-order valence-corrected chi connectivity index (χ0v) is 12.2. The highest BCUT2D eigenvalue weighted by atomic mass is 16.2. The lowest BCUT2D eigenvalue weighted by molar-refractivity contribution is -0.139. The summed E-state index contributed by atoms with van der Waals surface area (Å²) in [6.07, 6.45) is 5.03. The Labute approximate surface area is 116 Å². The molecule has 0 aromatic carbocycles. The van der Waals surface area contributed by atoms with Gasteiger partial charge < -0.3 is 10.2 Å². The largest absolute Gasteiger partial charge is 0.352 e. The second-order valence-corrected chi connectivity index (χ2v) is 5.15. The van der Waals surface area contributed by atoms with Crippen LogP contribution in [0, 0.1) is 11.8 Å². The van der Waals surface area contributed by atoms with Crippen LogP contribution in [0.2, 0.25) is 0 Å². The van der Waals surface area contributed by atoms with Gasteiger partial charge in [-0.05, 0) is 25.7 Å². The maximum Gasteiger partial charge on any atom is 0.225 e. The molecule has 1 rings (SSSR count). The molecular weight excluding hydrogens is 240 g/mol. The SMILES string of the molecule is C=CCNC(=O)C1CCN(C(=O)C(CC)CC)CC1. The lowest BCUT2D eigenvalue weighted by Gasteiger charge is -2.33. The van der Waals surface area contributed by atoms with Crippen molar-refractivity contribution in [3.05, 3.63) is 12.7 Å². The number of piperidine rings is 1. The summed E-state index contributed by atoms with van der Waals surface area (Å²) >= 11 is 0. The van der Waals surface area contributed by atoms with Crippen molar-refractivity contribution in [2.75, 3.05) is 19.6 Å². The van der Waals surface area contributed by atoms with Crippen molar-refractivity contribution in [2.24, 2.45) is 11.8 Å². The minimum Gasteiger partial charge on any atom is -0.352 e. The van der Waals surface area contributed by atoms with Crippen LogP contribution in [-0.4, -0.2) is 36.3 Å². The Morgan fingerprint density at radius 3 is 2.37 bits per heavy atom. The van der Waals surface area contributed by atoms with E-state index in [1.54, 1.807) is 6.08 Å². The van der Waals surface area contributed by atoms with Crippen molar-refractivity contribution >= 4 is 11.8 Å². The molecule has 0 bridgehead atoms. The second-order valence-electron chi connectivity index (χ2n) is 5.15. The van der Waals surface area contributed by atoms with Gasteiger partial charge in [0.2, 0.25) is 11.8 Å². The molecule has 19 heavy (non-hydrogen) atoms. The number of rotatable bonds is 6. The van der Waals surface area contributed by atoms with E-state index < -0.39 is 0 Å². The van der Waals surface area contributed by atoms with Crippen molar-refractivity contribution in [1.82, 2.24) is 10.2 Å². The summed E-state index contributed by atoms with van der Waals surface area (Å²) in [6, 6.07) is 0. The maximum atomic E-state index is 12.2. The molecule has 108 valence electrons. The first-order valence-electron chi connectivity index (χ1n) is 7.31. The Morgan fingerprint density at radius 2 is 1.89 bits per heavy atom. The molecule has 0 spiro atoms. The summed E-state index contributed by atoms with van der Waals surface area (Å²) in [6.45, 7) is 9.64. The fraction of sp³-hybridized carbons (Fsp3) is 0.733. The van der Waals surface area contributed by atoms with E-state index in [4.69, 9.17) is 0 Å². The highest BCUT2D eigenvalue weighted by Crippen LogP contribution is 2.21. The van der Waals surface area contributed by atoms with Crippen LogP contribution in [0.4, 0.5) is 0 Å². The Morgan fingerprint density at radius 1 is 1.32 bits per heavy atom. The van der Waals surface area contributed by atoms with E-state index >= 15 is 0 Å². The molecule has 4 heteroatoms. The van der Waals surface area contributed by atoms with Gasteiger partial charge in [0.15, 0.2) is 0 Å². The van der Waals surface area contributed by atoms with E-state index in [0.29, 0.717) is 19.6 Å². The molecule has 0 aromatic heterocycles. The summed E-state index contributed by atoms with van der Waals surface area (Å²) in [5.74, 6) is 0.543. The first-order valence-corrected chi connectivity index (χ1v) is 7.31. The Bertz CT molecular complexity index is 316. The number of likely N-dealkylation sites (tertiary alicyclic amines) is 1. The molecule has 1 N–H and O–H groups in total. The van der Waals surface area contributed by atoms with E-state index in [1.807, 2.05) is 4.90 Å². The molecule has 4 nitrogen and oxygen atoms in total. The van der Waals surface area contributed by atoms with Gasteiger partial charge in [0.05, 0.1) is 0 Å². The summed E-state index contributed by atoms with van der Waals surface area (Å²) in [7, 11) is 0. The van der Waals surface area contributed by atoms with E-state index in [0.717, 1.165) is 25.7 Å². The Hall–Kier alpha value is -1.32. The molecule has 0 aromatic rings. The predicted molar refractivity (Wildman–Crippen MR) is 76.6 cm³/mol. The van der Waals surface area contributed by atoms with Gasteiger partial charge in [-0.2, -0.15) is 0 Å². The third-order valence-corrected chi connectivity index (χ3v) is 3.93. The number of amides is 2. The van der Waals surface area contributed by atoms with Gasteiger partial charge in [-0.15, -0.1) is 6.58 Å². The average Bonchev–Trinajstić information content (AvgIpc) is 2.46. The van der Waals surface area contributed by atoms with Gasteiger partial charge in [-0.25, -0.2) is 0 Å². The minimum absolute atomic E-state index is 0.0469. The quantitative estimate of drug-likeness (QED) is 0.747. The molecule has 1 heterocycles. The standard InChI is InChI=1S/C15H26N2O2/c1-4-9-16-14(18)13-7-10-17(11-8-13)15(19)12(5-2)6-3/h4,12-13H,1,5-11H2,2-3H3,(H,16,18). The van der Waals surface area contributed by atoms with Crippen molar-refractivity contribution < 1.29 is 9.59 Å². The van der Waals surface area contributed by atoms with E-state index in [1.165, 1.54) is 0 Å². The van der Waals surface area contributed by atoms with Crippen molar-refractivity contribution in [2.45, 2.75) is 39.5 Å². The summed E-state index contributed by atoms with van der Waals surface area (Å²) in [4.78, 5) is 26.0. The number of nitrogens with one attached hydrogen (secondary N) is 1. The Kier molecular flexibility index (Phi) is 6.60. The molecule has 0 radical (unpaired) electrons. The lowest BCUT2D eigenvalue weighted by atomic mass is 9.93. The average molecular weight is 266 g/mol. The molecule has 1 saturated heterocycles. The first kappa shape index (κ1) is 15.7.